The Hall–Kier alpha value is -0.190. The van der Waals surface area contributed by atoms with Gasteiger partial charge in [0.05, 0.1) is 0 Å². The second-order valence-electron chi connectivity index (χ2n) is 3.75. The van der Waals surface area contributed by atoms with Crippen LogP contribution < -0.4 is 5.32 Å². The lowest BCUT2D eigenvalue weighted by Gasteiger charge is -2.23. The zero-order valence-electron chi connectivity index (χ0n) is 8.31. The van der Waals surface area contributed by atoms with Gasteiger partial charge < -0.3 is 5.32 Å². The third-order valence-corrected chi connectivity index (χ3v) is 1.83. The maximum Gasteiger partial charge on any atom is 0.00862 e. The van der Waals surface area contributed by atoms with Gasteiger partial charge in [0.1, 0.15) is 0 Å². The van der Waals surface area contributed by atoms with Gasteiger partial charge in [-0.1, -0.05) is 13.8 Å². The summed E-state index contributed by atoms with van der Waals surface area (Å²) >= 11 is 0. The molecule has 0 atom stereocenters. The molecule has 0 unspecified atom stereocenters. The van der Waals surface area contributed by atoms with Gasteiger partial charge in [-0.3, -0.25) is 0 Å². The van der Waals surface area contributed by atoms with Gasteiger partial charge in [0.2, 0.25) is 0 Å². The van der Waals surface area contributed by atoms with E-state index in [1.165, 1.54) is 6.42 Å². The number of hydrogen-bond donors (Lipinski definition) is 1. The molecule has 2 heteroatoms. The van der Waals surface area contributed by atoms with Crippen molar-refractivity contribution in [3.05, 3.63) is 0 Å². The summed E-state index contributed by atoms with van der Waals surface area (Å²) in [5.41, 5.74) is 0.394. The van der Waals surface area contributed by atoms with Crippen molar-refractivity contribution in [3.63, 3.8) is 0 Å². The van der Waals surface area contributed by atoms with Crippen LogP contribution in [0.15, 0.2) is 0 Å². The minimum absolute atomic E-state index is 0. The van der Waals surface area contributed by atoms with E-state index in [1.54, 1.807) is 0 Å². The van der Waals surface area contributed by atoms with Crippen molar-refractivity contribution in [3.8, 4) is 12.3 Å². The number of unbranched alkanes of at least 4 members (excludes halogenated alkanes) is 1. The van der Waals surface area contributed by atoms with Crippen molar-refractivity contribution in [1.82, 2.24) is 5.32 Å². The van der Waals surface area contributed by atoms with E-state index in [2.05, 4.69) is 25.1 Å². The molecular weight excluding hydrogens is 170 g/mol. The Kier molecular flexibility index (Phi) is 8.91. The number of hydrogen-bond acceptors (Lipinski definition) is 1. The number of nitrogens with one attached hydrogen (secondary N) is 1. The maximum absolute atomic E-state index is 5.17. The Balaban J connectivity index is 0. The summed E-state index contributed by atoms with van der Waals surface area (Å²) in [6.45, 7) is 5.59. The van der Waals surface area contributed by atoms with Gasteiger partial charge in [-0.2, -0.15) is 0 Å². The van der Waals surface area contributed by atoms with Gasteiger partial charge in [-0.25, -0.2) is 0 Å². The fourth-order valence-electron chi connectivity index (χ4n) is 1.24. The largest absolute Gasteiger partial charge is 0.319 e. The highest BCUT2D eigenvalue weighted by molar-refractivity contribution is 5.85. The Morgan fingerprint density at radius 2 is 2.00 bits per heavy atom. The standard InChI is InChI=1S/C10H19N.ClH/c1-5-6-7-8-10(2,3)9-11-4;/h1,11H,6-9H2,2-4H3;1H. The molecule has 12 heavy (non-hydrogen) atoms. The highest BCUT2D eigenvalue weighted by Crippen LogP contribution is 2.21. The van der Waals surface area contributed by atoms with E-state index in [4.69, 9.17) is 6.42 Å². The minimum atomic E-state index is 0. The zero-order chi connectivity index (χ0) is 8.74. The number of rotatable bonds is 5. The topological polar surface area (TPSA) is 12.0 Å². The van der Waals surface area contributed by atoms with Crippen LogP contribution in [0.1, 0.15) is 33.1 Å². The molecule has 0 aliphatic rings. The molecule has 1 N–H and O–H groups in total. The van der Waals surface area contributed by atoms with Gasteiger partial charge in [-0.05, 0) is 31.8 Å². The molecule has 0 aliphatic carbocycles. The molecule has 0 aromatic rings. The smallest absolute Gasteiger partial charge is 0.00862 e. The van der Waals surface area contributed by atoms with Gasteiger partial charge in [0, 0.05) is 6.42 Å². The van der Waals surface area contributed by atoms with Crippen LogP contribution >= 0.6 is 12.4 Å². The summed E-state index contributed by atoms with van der Waals surface area (Å²) in [7, 11) is 1.99. The fourth-order valence-corrected chi connectivity index (χ4v) is 1.24. The molecule has 0 saturated heterocycles. The molecular formula is C10H20ClN. The molecule has 0 bridgehead atoms. The summed E-state index contributed by atoms with van der Waals surface area (Å²) in [6.07, 6.45) is 8.43. The van der Waals surface area contributed by atoms with Gasteiger partial charge in [0.25, 0.3) is 0 Å². The lowest BCUT2D eigenvalue weighted by Crippen LogP contribution is -2.26. The van der Waals surface area contributed by atoms with Crippen LogP contribution in [0.4, 0.5) is 0 Å². The van der Waals surface area contributed by atoms with Crippen molar-refractivity contribution in [2.24, 2.45) is 5.41 Å². The van der Waals surface area contributed by atoms with E-state index in [-0.39, 0.29) is 12.4 Å². The van der Waals surface area contributed by atoms with E-state index < -0.39 is 0 Å². The normalized spacial score (nSPS) is 10.2. The van der Waals surface area contributed by atoms with E-state index in [0.717, 1.165) is 19.4 Å². The molecule has 0 amide bonds. The van der Waals surface area contributed by atoms with Gasteiger partial charge in [0.15, 0.2) is 0 Å². The summed E-state index contributed by atoms with van der Waals surface area (Å²) in [5, 5.41) is 3.18. The molecule has 0 aromatic carbocycles. The van der Waals surface area contributed by atoms with E-state index in [0.29, 0.717) is 5.41 Å². The molecule has 0 aromatic heterocycles. The molecule has 72 valence electrons. The van der Waals surface area contributed by atoms with Gasteiger partial charge in [-0.15, -0.1) is 24.8 Å². The maximum atomic E-state index is 5.17. The zero-order valence-corrected chi connectivity index (χ0v) is 9.13. The number of halogens is 1. The van der Waals surface area contributed by atoms with Gasteiger partial charge >= 0.3 is 0 Å². The third-order valence-electron chi connectivity index (χ3n) is 1.83. The molecule has 0 heterocycles. The Bertz CT molecular complexity index is 135. The van der Waals surface area contributed by atoms with Crippen LogP contribution in [0.3, 0.4) is 0 Å². The average Bonchev–Trinajstić information content (AvgIpc) is 1.87. The first kappa shape index (κ1) is 14.3. The highest BCUT2D eigenvalue weighted by Gasteiger charge is 2.14. The Morgan fingerprint density at radius 3 is 2.42 bits per heavy atom. The van der Waals surface area contributed by atoms with E-state index >= 15 is 0 Å². The van der Waals surface area contributed by atoms with Crippen molar-refractivity contribution >= 4 is 12.4 Å². The lowest BCUT2D eigenvalue weighted by molar-refractivity contribution is 0.317. The van der Waals surface area contributed by atoms with Crippen LogP contribution in [0.2, 0.25) is 0 Å². The predicted molar refractivity (Wildman–Crippen MR) is 57.6 cm³/mol. The van der Waals surface area contributed by atoms with Crippen molar-refractivity contribution < 1.29 is 0 Å². The minimum Gasteiger partial charge on any atom is -0.319 e. The summed E-state index contributed by atoms with van der Waals surface area (Å²) < 4.78 is 0. The molecule has 0 radical (unpaired) electrons. The van der Waals surface area contributed by atoms with E-state index in [9.17, 15) is 0 Å². The second-order valence-corrected chi connectivity index (χ2v) is 3.75. The highest BCUT2D eigenvalue weighted by atomic mass is 35.5. The van der Waals surface area contributed by atoms with Crippen molar-refractivity contribution in [2.45, 2.75) is 33.1 Å². The quantitative estimate of drug-likeness (QED) is 0.518. The van der Waals surface area contributed by atoms with Crippen molar-refractivity contribution in [1.29, 1.82) is 0 Å². The number of terminal acetylenes is 1. The van der Waals surface area contributed by atoms with Crippen LogP contribution in [-0.2, 0) is 0 Å². The van der Waals surface area contributed by atoms with Crippen LogP contribution in [-0.4, -0.2) is 13.6 Å². The first-order valence-electron chi connectivity index (χ1n) is 4.20. The van der Waals surface area contributed by atoms with E-state index in [1.807, 2.05) is 7.05 Å². The second kappa shape index (κ2) is 7.46. The average molecular weight is 190 g/mol. The predicted octanol–water partition coefficient (Wildman–Crippen LogP) is 2.46. The SMILES string of the molecule is C#CCCCC(C)(C)CNC.Cl. The third kappa shape index (κ3) is 7.91. The monoisotopic (exact) mass is 189 g/mol. The first-order chi connectivity index (χ1) is 5.12. The Labute approximate surface area is 82.7 Å². The van der Waals surface area contributed by atoms with Crippen LogP contribution in [0.5, 0.6) is 0 Å². The molecule has 0 aliphatic heterocycles. The van der Waals surface area contributed by atoms with Crippen LogP contribution in [0.25, 0.3) is 0 Å². The van der Waals surface area contributed by atoms with Crippen LogP contribution in [0, 0.1) is 17.8 Å². The summed E-state index contributed by atoms with van der Waals surface area (Å²) in [6, 6.07) is 0. The Morgan fingerprint density at radius 1 is 1.42 bits per heavy atom. The summed E-state index contributed by atoms with van der Waals surface area (Å²) in [5.74, 6) is 2.66. The van der Waals surface area contributed by atoms with Crippen molar-refractivity contribution in [2.75, 3.05) is 13.6 Å². The molecule has 0 spiro atoms. The lowest BCUT2D eigenvalue weighted by atomic mass is 9.87. The molecule has 0 fully saturated rings. The fraction of sp³-hybridized carbons (Fsp3) is 0.800. The molecule has 0 rings (SSSR count). The first-order valence-corrected chi connectivity index (χ1v) is 4.20. The molecule has 0 saturated carbocycles. The summed E-state index contributed by atoms with van der Waals surface area (Å²) in [4.78, 5) is 0. The molecule has 1 nitrogen and oxygen atoms in total.